The van der Waals surface area contributed by atoms with E-state index in [1.807, 2.05) is 23.6 Å². The maximum Gasteiger partial charge on any atom is 0.228 e. The highest BCUT2D eigenvalue weighted by molar-refractivity contribution is 7.09. The van der Waals surface area contributed by atoms with Crippen LogP contribution in [-0.4, -0.2) is 23.3 Å². The maximum absolute atomic E-state index is 14.4. The van der Waals surface area contributed by atoms with E-state index in [-0.39, 0.29) is 30.5 Å². The SMILES string of the molecule is Cc1ccc(N2CC(C(=O)N(Cc3ccco3)Cc3cccs3)CC2=O)c(F)c1. The minimum atomic E-state index is -0.516. The van der Waals surface area contributed by atoms with Gasteiger partial charge >= 0.3 is 0 Å². The van der Waals surface area contributed by atoms with E-state index in [0.717, 1.165) is 10.4 Å². The van der Waals surface area contributed by atoms with Gasteiger partial charge < -0.3 is 14.2 Å². The van der Waals surface area contributed by atoms with E-state index in [0.29, 0.717) is 18.8 Å². The summed E-state index contributed by atoms with van der Waals surface area (Å²) in [5.74, 6) is -0.644. The van der Waals surface area contributed by atoms with Crippen LogP contribution >= 0.6 is 11.3 Å². The first-order valence-corrected chi connectivity index (χ1v) is 10.3. The van der Waals surface area contributed by atoms with Gasteiger partial charge in [0.05, 0.1) is 31.0 Å². The number of benzene rings is 1. The van der Waals surface area contributed by atoms with Crippen LogP contribution < -0.4 is 4.90 Å². The van der Waals surface area contributed by atoms with E-state index in [2.05, 4.69) is 0 Å². The summed E-state index contributed by atoms with van der Waals surface area (Å²) in [4.78, 5) is 30.0. The average Bonchev–Trinajstić information content (AvgIpc) is 3.44. The van der Waals surface area contributed by atoms with Crippen molar-refractivity contribution in [2.75, 3.05) is 11.4 Å². The Hall–Kier alpha value is -2.93. The third kappa shape index (κ3) is 4.24. The summed E-state index contributed by atoms with van der Waals surface area (Å²) in [6.45, 7) is 2.74. The highest BCUT2D eigenvalue weighted by Crippen LogP contribution is 2.30. The maximum atomic E-state index is 14.4. The summed E-state index contributed by atoms with van der Waals surface area (Å²) in [7, 11) is 0. The monoisotopic (exact) mass is 412 g/mol. The number of carbonyl (C=O) groups excluding carboxylic acids is 2. The number of aryl methyl sites for hydroxylation is 1. The molecule has 0 N–H and O–H groups in total. The molecule has 29 heavy (non-hydrogen) atoms. The summed E-state index contributed by atoms with van der Waals surface area (Å²) in [6, 6.07) is 12.3. The first-order valence-electron chi connectivity index (χ1n) is 9.41. The van der Waals surface area contributed by atoms with Crippen LogP contribution in [0.4, 0.5) is 10.1 Å². The Balaban J connectivity index is 1.53. The van der Waals surface area contributed by atoms with Gasteiger partial charge in [0.25, 0.3) is 0 Å². The topological polar surface area (TPSA) is 53.8 Å². The molecule has 1 fully saturated rings. The van der Waals surface area contributed by atoms with Crippen LogP contribution in [0.1, 0.15) is 22.6 Å². The van der Waals surface area contributed by atoms with Gasteiger partial charge in [0.2, 0.25) is 11.8 Å². The number of carbonyl (C=O) groups is 2. The standard InChI is InChI=1S/C22H21FN2O3S/c1-15-6-7-20(19(23)10-15)25-12-16(11-21(25)26)22(27)24(13-17-4-2-8-28-17)14-18-5-3-9-29-18/h2-10,16H,11-14H2,1H3. The van der Waals surface area contributed by atoms with Gasteiger partial charge in [-0.3, -0.25) is 9.59 Å². The fraction of sp³-hybridized carbons (Fsp3) is 0.273. The van der Waals surface area contributed by atoms with Gasteiger partial charge in [0, 0.05) is 17.8 Å². The molecule has 7 heteroatoms. The number of thiophene rings is 1. The third-order valence-electron chi connectivity index (χ3n) is 5.03. The molecule has 1 aromatic carbocycles. The Bertz CT molecular complexity index is 965. The van der Waals surface area contributed by atoms with Gasteiger partial charge in [0.15, 0.2) is 0 Å². The number of amides is 2. The van der Waals surface area contributed by atoms with Gasteiger partial charge in [0.1, 0.15) is 11.6 Å². The molecule has 3 heterocycles. The molecule has 0 aliphatic carbocycles. The van der Waals surface area contributed by atoms with Gasteiger partial charge in [-0.1, -0.05) is 12.1 Å². The molecule has 4 rings (SSSR count). The van der Waals surface area contributed by atoms with Crippen LogP contribution in [0, 0.1) is 18.7 Å². The van der Waals surface area contributed by atoms with Crippen LogP contribution in [0.15, 0.2) is 58.5 Å². The summed E-state index contributed by atoms with van der Waals surface area (Å²) in [5, 5.41) is 1.96. The number of hydrogen-bond acceptors (Lipinski definition) is 4. The second-order valence-electron chi connectivity index (χ2n) is 7.21. The van der Waals surface area contributed by atoms with Crippen LogP contribution in [0.25, 0.3) is 0 Å². The van der Waals surface area contributed by atoms with E-state index >= 15 is 0 Å². The van der Waals surface area contributed by atoms with Gasteiger partial charge in [-0.05, 0) is 48.2 Å². The fourth-order valence-corrected chi connectivity index (χ4v) is 4.31. The lowest BCUT2D eigenvalue weighted by atomic mass is 10.1. The van der Waals surface area contributed by atoms with E-state index in [4.69, 9.17) is 4.42 Å². The predicted octanol–water partition coefficient (Wildman–Crippen LogP) is 4.37. The molecule has 2 aromatic heterocycles. The second-order valence-corrected chi connectivity index (χ2v) is 8.25. The molecule has 0 spiro atoms. The Labute approximate surface area is 172 Å². The van der Waals surface area contributed by atoms with Crippen molar-refractivity contribution in [2.45, 2.75) is 26.4 Å². The minimum Gasteiger partial charge on any atom is -0.467 e. The largest absolute Gasteiger partial charge is 0.467 e. The minimum absolute atomic E-state index is 0.0746. The van der Waals surface area contributed by atoms with E-state index in [9.17, 15) is 14.0 Å². The molecule has 5 nitrogen and oxygen atoms in total. The first-order chi connectivity index (χ1) is 14.0. The van der Waals surface area contributed by atoms with E-state index in [1.54, 1.807) is 47.6 Å². The Morgan fingerprint density at radius 2 is 2.14 bits per heavy atom. The van der Waals surface area contributed by atoms with Crippen LogP contribution in [-0.2, 0) is 22.7 Å². The summed E-state index contributed by atoms with van der Waals surface area (Å²) in [6.07, 6.45) is 1.65. The number of hydrogen-bond donors (Lipinski definition) is 0. The zero-order valence-electron chi connectivity index (χ0n) is 16.0. The molecular formula is C22H21FN2O3S. The van der Waals surface area contributed by atoms with E-state index < -0.39 is 11.7 Å². The van der Waals surface area contributed by atoms with Crippen molar-refractivity contribution in [3.8, 4) is 0 Å². The van der Waals surface area contributed by atoms with Gasteiger partial charge in [-0.15, -0.1) is 11.3 Å². The number of halogens is 1. The number of anilines is 1. The molecular weight excluding hydrogens is 391 g/mol. The number of rotatable bonds is 6. The molecule has 3 aromatic rings. The molecule has 1 aliphatic heterocycles. The molecule has 1 saturated heterocycles. The summed E-state index contributed by atoms with van der Waals surface area (Å²) < 4.78 is 19.8. The smallest absolute Gasteiger partial charge is 0.228 e. The zero-order valence-corrected chi connectivity index (χ0v) is 16.8. The van der Waals surface area contributed by atoms with Gasteiger partial charge in [-0.25, -0.2) is 4.39 Å². The predicted molar refractivity (Wildman–Crippen MR) is 109 cm³/mol. The fourth-order valence-electron chi connectivity index (χ4n) is 3.59. The quantitative estimate of drug-likeness (QED) is 0.604. The summed E-state index contributed by atoms with van der Waals surface area (Å²) in [5.41, 5.74) is 1.01. The number of furan rings is 1. The Morgan fingerprint density at radius 3 is 2.83 bits per heavy atom. The zero-order chi connectivity index (χ0) is 20.4. The van der Waals surface area contributed by atoms with Crippen molar-refractivity contribution in [1.29, 1.82) is 0 Å². The van der Waals surface area contributed by atoms with E-state index in [1.165, 1.54) is 11.0 Å². The highest BCUT2D eigenvalue weighted by Gasteiger charge is 2.38. The Morgan fingerprint density at radius 1 is 1.28 bits per heavy atom. The van der Waals surface area contributed by atoms with Crippen molar-refractivity contribution < 1.29 is 18.4 Å². The van der Waals surface area contributed by atoms with Crippen molar-refractivity contribution in [3.05, 3.63) is 76.1 Å². The van der Waals surface area contributed by atoms with Gasteiger partial charge in [-0.2, -0.15) is 0 Å². The second kappa shape index (κ2) is 8.21. The summed E-state index contributed by atoms with van der Waals surface area (Å²) >= 11 is 1.57. The molecule has 0 saturated carbocycles. The highest BCUT2D eigenvalue weighted by atomic mass is 32.1. The van der Waals surface area contributed by atoms with Crippen LogP contribution in [0.2, 0.25) is 0 Å². The van der Waals surface area contributed by atoms with Crippen molar-refractivity contribution >= 4 is 28.8 Å². The number of nitrogens with zero attached hydrogens (tertiary/aromatic N) is 2. The molecule has 1 atom stereocenters. The van der Waals surface area contributed by atoms with Crippen molar-refractivity contribution in [2.24, 2.45) is 5.92 Å². The Kier molecular flexibility index (Phi) is 5.49. The van der Waals surface area contributed by atoms with Crippen LogP contribution in [0.3, 0.4) is 0 Å². The van der Waals surface area contributed by atoms with Crippen molar-refractivity contribution in [3.63, 3.8) is 0 Å². The lowest BCUT2D eigenvalue weighted by molar-refractivity contribution is -0.137. The molecule has 1 aliphatic rings. The lowest BCUT2D eigenvalue weighted by Gasteiger charge is -2.24. The van der Waals surface area contributed by atoms with Crippen LogP contribution in [0.5, 0.6) is 0 Å². The van der Waals surface area contributed by atoms with Crippen molar-refractivity contribution in [1.82, 2.24) is 4.90 Å². The molecule has 2 amide bonds. The lowest BCUT2D eigenvalue weighted by Crippen LogP contribution is -2.36. The molecule has 1 unspecified atom stereocenters. The normalized spacial score (nSPS) is 16.4. The molecule has 0 radical (unpaired) electrons. The molecule has 0 bridgehead atoms. The molecule has 150 valence electrons. The average molecular weight is 412 g/mol. The third-order valence-corrected chi connectivity index (χ3v) is 5.89. The first kappa shape index (κ1) is 19.4.